The van der Waals surface area contributed by atoms with Gasteiger partial charge in [-0.15, -0.1) is 0 Å². The molecule has 1 radical (unpaired) electrons. The molecule has 201 valence electrons. The van der Waals surface area contributed by atoms with Gasteiger partial charge in [-0.1, -0.05) is 0 Å². The Morgan fingerprint density at radius 1 is 0.641 bits per heavy atom. The van der Waals surface area contributed by atoms with E-state index in [2.05, 4.69) is 28.2 Å². The molecule has 9 heteroatoms. The number of carboxylic acids is 2. The topological polar surface area (TPSA) is 138 Å². The Kier molecular flexibility index (Phi) is 7.94. The number of hydrogen-bond donors (Lipinski definition) is 2. The first-order chi connectivity index (χ1) is 18.1. The number of nitrogens with one attached hydrogen (secondary N) is 2. The van der Waals surface area contributed by atoms with Gasteiger partial charge in [0.15, 0.2) is 0 Å². The van der Waals surface area contributed by atoms with Crippen LogP contribution in [0.3, 0.4) is 0 Å². The smallest absolute Gasteiger partial charge is 0.550 e. The van der Waals surface area contributed by atoms with Gasteiger partial charge in [-0.25, -0.2) is 9.97 Å². The maximum absolute atomic E-state index is 11.3. The number of aromatic amines is 2. The van der Waals surface area contributed by atoms with Gasteiger partial charge in [-0.2, -0.15) is 0 Å². The van der Waals surface area contributed by atoms with Gasteiger partial charge in [0, 0.05) is 34.0 Å². The summed E-state index contributed by atoms with van der Waals surface area (Å²) in [5.41, 5.74) is 11.9. The van der Waals surface area contributed by atoms with Crippen molar-refractivity contribution in [3.05, 3.63) is 70.3 Å². The molecule has 39 heavy (non-hydrogen) atoms. The summed E-state index contributed by atoms with van der Waals surface area (Å²) in [4.78, 5) is 39.2. The number of carboxylic acid groups (broad SMARTS) is 2. The molecule has 0 aromatic carbocycles. The first-order valence-corrected chi connectivity index (χ1v) is 12.6. The number of aromatic nitrogens is 4. The molecule has 2 aliphatic rings. The van der Waals surface area contributed by atoms with Crippen LogP contribution in [-0.2, 0) is 26.4 Å². The van der Waals surface area contributed by atoms with Crippen molar-refractivity contribution in [1.82, 2.24) is 19.9 Å². The van der Waals surface area contributed by atoms with E-state index in [0.29, 0.717) is 11.4 Å². The van der Waals surface area contributed by atoms with Crippen molar-refractivity contribution in [3.63, 3.8) is 0 Å². The number of fused-ring (bicyclic) bond motifs is 8. The molecule has 3 aromatic rings. The van der Waals surface area contributed by atoms with Crippen molar-refractivity contribution in [2.45, 2.75) is 53.4 Å². The zero-order valence-corrected chi connectivity index (χ0v) is 23.2. The predicted octanol–water partition coefficient (Wildman–Crippen LogP) is 3.85. The minimum Gasteiger partial charge on any atom is -0.550 e. The van der Waals surface area contributed by atoms with E-state index in [9.17, 15) is 19.8 Å². The largest absolute Gasteiger partial charge is 2.00 e. The van der Waals surface area contributed by atoms with Crippen LogP contribution in [0.25, 0.3) is 44.4 Å². The molecule has 5 rings (SSSR count). The van der Waals surface area contributed by atoms with Crippen LogP contribution in [0, 0.1) is 13.8 Å². The Bertz CT molecular complexity index is 1730. The maximum atomic E-state index is 11.3. The Morgan fingerprint density at radius 2 is 1.08 bits per heavy atom. The number of carbonyl (C=O) groups is 2. The number of hydrogen-bond acceptors (Lipinski definition) is 6. The summed E-state index contributed by atoms with van der Waals surface area (Å²) in [7, 11) is 0. The first kappa shape index (κ1) is 28.1. The number of aliphatic carboxylic acids is 2. The van der Waals surface area contributed by atoms with Crippen LogP contribution >= 0.6 is 0 Å². The number of rotatable bonds is 6. The van der Waals surface area contributed by atoms with Crippen LogP contribution in [0.5, 0.6) is 0 Å². The molecule has 0 atom stereocenters. The molecule has 0 unspecified atom stereocenters. The molecule has 0 saturated carbocycles. The van der Waals surface area contributed by atoms with Gasteiger partial charge in [-0.05, 0) is 123 Å². The summed E-state index contributed by atoms with van der Waals surface area (Å²) in [5, 5.41) is 22.6. The van der Waals surface area contributed by atoms with Gasteiger partial charge in [0.25, 0.3) is 0 Å². The van der Waals surface area contributed by atoms with Gasteiger partial charge in [0.2, 0.25) is 0 Å². The van der Waals surface area contributed by atoms with Crippen molar-refractivity contribution < 1.29 is 36.6 Å². The Hall–Kier alpha value is -3.95. The second-order valence-corrected chi connectivity index (χ2v) is 9.94. The summed E-state index contributed by atoms with van der Waals surface area (Å²) >= 11 is 0. The van der Waals surface area contributed by atoms with Crippen LogP contribution in [0.1, 0.15) is 73.4 Å². The van der Waals surface area contributed by atoms with E-state index in [0.717, 1.165) is 66.9 Å². The Labute approximate surface area is 236 Å². The average molecular weight is 568 g/mol. The molecule has 5 heterocycles. The Balaban J connectivity index is 0.00000353. The number of allylic oxidation sites excluding steroid dienone is 4. The molecule has 0 fully saturated rings. The molecule has 0 amide bonds. The standard InChI is InChI=1S/C30H30N4O4.Co/c1-15-9-20-12-25-17(3)21(5-7-29(35)36)27(33-25)14-28-22(6-8-30(37)38)18(4)26(34-28)13-24-16(2)10-19(32-24)11-23(15)31-20;/h9-14,31-32H,5-8H2,1-4H3,(H,35,36)(H,37,38);/q;+2/p-2. The third-order valence-corrected chi connectivity index (χ3v) is 7.23. The fourth-order valence-electron chi connectivity index (χ4n) is 5.09. The average Bonchev–Trinajstić information content (AvgIpc) is 3.53. The number of nitrogens with zero attached hydrogens (tertiary/aromatic N) is 2. The number of aryl methyl sites for hydroxylation is 2. The summed E-state index contributed by atoms with van der Waals surface area (Å²) < 4.78 is 0. The molecule has 3 aromatic heterocycles. The van der Waals surface area contributed by atoms with Crippen LogP contribution < -0.4 is 10.2 Å². The summed E-state index contributed by atoms with van der Waals surface area (Å²) in [6, 6.07) is 11.9. The SMILES string of the molecule is CC1=C(CCC(=O)[O-])c2cc3nc(cc4[nH]c(cc4C)cc4[nH]c(cc1n2)cc4C)C(C)=C3CCC(=O)[O-].[Co+2]. The number of carbonyl (C=O) groups excluding carboxylic acids is 2. The van der Waals surface area contributed by atoms with E-state index in [-0.39, 0.29) is 42.5 Å². The monoisotopic (exact) mass is 567 g/mol. The number of H-pyrrole nitrogens is 2. The van der Waals surface area contributed by atoms with Gasteiger partial charge in [0.1, 0.15) is 0 Å². The van der Waals surface area contributed by atoms with E-state index in [1.165, 1.54) is 0 Å². The van der Waals surface area contributed by atoms with Crippen LogP contribution in [0.2, 0.25) is 0 Å². The van der Waals surface area contributed by atoms with E-state index >= 15 is 0 Å². The van der Waals surface area contributed by atoms with Crippen molar-refractivity contribution in [2.24, 2.45) is 0 Å². The quantitative estimate of drug-likeness (QED) is 0.464. The van der Waals surface area contributed by atoms with Crippen molar-refractivity contribution in [1.29, 1.82) is 0 Å². The second kappa shape index (κ2) is 11.0. The minimum absolute atomic E-state index is 0. The van der Waals surface area contributed by atoms with Crippen LogP contribution in [0.4, 0.5) is 0 Å². The van der Waals surface area contributed by atoms with Gasteiger partial charge >= 0.3 is 16.8 Å². The van der Waals surface area contributed by atoms with E-state index in [1.807, 2.05) is 45.9 Å². The predicted molar refractivity (Wildman–Crippen MR) is 144 cm³/mol. The van der Waals surface area contributed by atoms with Crippen LogP contribution in [0.15, 0.2) is 36.4 Å². The van der Waals surface area contributed by atoms with Crippen molar-refractivity contribution in [2.75, 3.05) is 0 Å². The Morgan fingerprint density at radius 3 is 1.56 bits per heavy atom. The fraction of sp³-hybridized carbons (Fsp3) is 0.267. The molecule has 2 aliphatic heterocycles. The summed E-state index contributed by atoms with van der Waals surface area (Å²) in [6.45, 7) is 7.93. The van der Waals surface area contributed by atoms with Gasteiger partial charge in [-0.3, -0.25) is 0 Å². The molecule has 8 nitrogen and oxygen atoms in total. The minimum atomic E-state index is -1.13. The van der Waals surface area contributed by atoms with E-state index < -0.39 is 11.9 Å². The maximum Gasteiger partial charge on any atom is 2.00 e. The van der Waals surface area contributed by atoms with Crippen LogP contribution in [-0.4, -0.2) is 31.9 Å². The first-order valence-electron chi connectivity index (χ1n) is 12.6. The molecule has 0 saturated heterocycles. The molecule has 8 bridgehead atoms. The molecule has 0 spiro atoms. The zero-order chi connectivity index (χ0) is 27.1. The van der Waals surface area contributed by atoms with Gasteiger partial charge < -0.3 is 29.8 Å². The second-order valence-electron chi connectivity index (χ2n) is 9.94. The molecule has 2 N–H and O–H groups in total. The summed E-state index contributed by atoms with van der Waals surface area (Å²) in [5.74, 6) is -2.26. The third-order valence-electron chi connectivity index (χ3n) is 7.23. The normalized spacial score (nSPS) is 13.0. The van der Waals surface area contributed by atoms with E-state index in [1.54, 1.807) is 0 Å². The van der Waals surface area contributed by atoms with Crippen molar-refractivity contribution >= 4 is 56.3 Å². The molecule has 0 aliphatic carbocycles. The third kappa shape index (κ3) is 5.74. The zero-order valence-electron chi connectivity index (χ0n) is 22.2. The molecular weight excluding hydrogens is 539 g/mol. The summed E-state index contributed by atoms with van der Waals surface area (Å²) in [6.07, 6.45) is 0.263. The van der Waals surface area contributed by atoms with E-state index in [4.69, 9.17) is 9.97 Å². The fourth-order valence-corrected chi connectivity index (χ4v) is 5.09. The van der Waals surface area contributed by atoms with Crippen molar-refractivity contribution in [3.8, 4) is 0 Å². The molecular formula is C30H28CoN4O4. The van der Waals surface area contributed by atoms with Gasteiger partial charge in [0.05, 0.1) is 22.8 Å².